The van der Waals surface area contributed by atoms with Crippen molar-refractivity contribution < 1.29 is 14.6 Å². The minimum Gasteiger partial charge on any atom is -0.491 e. The number of benzene rings is 1. The molecule has 1 saturated heterocycles. The Morgan fingerprint density at radius 3 is 2.47 bits per heavy atom. The van der Waals surface area contributed by atoms with Crippen LogP contribution in [0.1, 0.15) is 52.7 Å². The van der Waals surface area contributed by atoms with Gasteiger partial charge in [0.05, 0.1) is 31.0 Å². The highest BCUT2D eigenvalue weighted by Gasteiger charge is 2.21. The third kappa shape index (κ3) is 8.90. The van der Waals surface area contributed by atoms with Crippen molar-refractivity contribution in [1.82, 2.24) is 15.5 Å². The van der Waals surface area contributed by atoms with Crippen molar-refractivity contribution in [3.63, 3.8) is 0 Å². The molecule has 7 heteroatoms. The Morgan fingerprint density at radius 2 is 1.87 bits per heavy atom. The molecule has 7 nitrogen and oxygen atoms in total. The molecule has 1 aliphatic rings. The molecule has 0 aliphatic carbocycles. The zero-order valence-electron chi connectivity index (χ0n) is 19.2. The summed E-state index contributed by atoms with van der Waals surface area (Å²) in [5.41, 5.74) is 0.835. The van der Waals surface area contributed by atoms with Crippen molar-refractivity contribution in [3.8, 4) is 5.75 Å². The van der Waals surface area contributed by atoms with Gasteiger partial charge in [0.2, 0.25) is 0 Å². The minimum absolute atomic E-state index is 0.133. The van der Waals surface area contributed by atoms with E-state index in [-0.39, 0.29) is 6.10 Å². The summed E-state index contributed by atoms with van der Waals surface area (Å²) >= 11 is 0. The number of nitrogens with zero attached hydrogens (tertiary/aromatic N) is 2. The number of aliphatic hydroxyl groups is 1. The zero-order chi connectivity index (χ0) is 21.9. The molecule has 0 spiro atoms. The first-order chi connectivity index (χ1) is 14.4. The topological polar surface area (TPSA) is 78.4 Å². The number of aliphatic imine (C=N–C) groups is 1. The number of hydrogen-bond acceptors (Lipinski definition) is 5. The normalized spacial score (nSPS) is 21.5. The number of guanidine groups is 1. The zero-order valence-corrected chi connectivity index (χ0v) is 19.2. The average Bonchev–Trinajstić information content (AvgIpc) is 2.68. The first-order valence-corrected chi connectivity index (χ1v) is 11.2. The lowest BCUT2D eigenvalue weighted by atomic mass is 10.1. The largest absolute Gasteiger partial charge is 0.491 e. The second-order valence-electron chi connectivity index (χ2n) is 8.27. The van der Waals surface area contributed by atoms with Gasteiger partial charge < -0.3 is 25.2 Å². The van der Waals surface area contributed by atoms with Crippen LogP contribution in [0.5, 0.6) is 5.75 Å². The van der Waals surface area contributed by atoms with Gasteiger partial charge in [0.25, 0.3) is 0 Å². The molecule has 1 heterocycles. The maximum absolute atomic E-state index is 10.5. The lowest BCUT2D eigenvalue weighted by Gasteiger charge is -2.35. The summed E-state index contributed by atoms with van der Waals surface area (Å²) in [4.78, 5) is 7.01. The summed E-state index contributed by atoms with van der Waals surface area (Å²) < 4.78 is 11.4. The minimum atomic E-state index is -0.648. The van der Waals surface area contributed by atoms with Gasteiger partial charge in [-0.15, -0.1) is 0 Å². The van der Waals surface area contributed by atoms with E-state index in [0.29, 0.717) is 18.8 Å². The Bertz CT molecular complexity index is 626. The van der Waals surface area contributed by atoms with E-state index in [2.05, 4.69) is 34.4 Å². The fraction of sp³-hybridized carbons (Fsp3) is 0.696. The van der Waals surface area contributed by atoms with Gasteiger partial charge >= 0.3 is 0 Å². The molecule has 0 aromatic heterocycles. The highest BCUT2D eigenvalue weighted by molar-refractivity contribution is 5.79. The second kappa shape index (κ2) is 12.8. The maximum Gasteiger partial charge on any atom is 0.191 e. The molecule has 0 amide bonds. The molecule has 0 bridgehead atoms. The van der Waals surface area contributed by atoms with Crippen LogP contribution in [0.3, 0.4) is 0 Å². The third-order valence-corrected chi connectivity index (χ3v) is 4.84. The van der Waals surface area contributed by atoms with Crippen molar-refractivity contribution in [3.05, 3.63) is 29.8 Å². The first kappa shape index (κ1) is 24.4. The molecule has 3 unspecified atom stereocenters. The Hall–Kier alpha value is -1.83. The quantitative estimate of drug-likeness (QED) is 0.307. The van der Waals surface area contributed by atoms with Gasteiger partial charge in [0.15, 0.2) is 5.96 Å². The summed E-state index contributed by atoms with van der Waals surface area (Å²) in [5, 5.41) is 17.1. The number of ether oxygens (including phenoxy) is 2. The number of nitrogens with one attached hydrogen (secondary N) is 2. The van der Waals surface area contributed by atoms with E-state index in [9.17, 15) is 5.11 Å². The van der Waals surface area contributed by atoms with Crippen LogP contribution >= 0.6 is 0 Å². The number of aliphatic hydroxyl groups excluding tert-OH is 1. The smallest absolute Gasteiger partial charge is 0.191 e. The van der Waals surface area contributed by atoms with Crippen LogP contribution in [0.25, 0.3) is 0 Å². The summed E-state index contributed by atoms with van der Waals surface area (Å²) in [6, 6.07) is 7.56. The van der Waals surface area contributed by atoms with Gasteiger partial charge in [0.1, 0.15) is 5.75 Å². The molecule has 1 aromatic rings. The first-order valence-electron chi connectivity index (χ1n) is 11.2. The molecule has 0 radical (unpaired) electrons. The van der Waals surface area contributed by atoms with Gasteiger partial charge in [-0.1, -0.05) is 12.1 Å². The van der Waals surface area contributed by atoms with E-state index in [4.69, 9.17) is 9.47 Å². The summed E-state index contributed by atoms with van der Waals surface area (Å²) in [7, 11) is 0. The van der Waals surface area contributed by atoms with Crippen LogP contribution in [-0.2, 0) is 4.74 Å². The van der Waals surface area contributed by atoms with Crippen LogP contribution in [0, 0.1) is 0 Å². The SMILES string of the molecule is CCNC(=NCC(O)c1ccc(OC(C)C)cc1)NCCCN1CC(C)OC(C)C1. The van der Waals surface area contributed by atoms with Gasteiger partial charge in [-0.25, -0.2) is 0 Å². The van der Waals surface area contributed by atoms with E-state index < -0.39 is 6.10 Å². The van der Waals surface area contributed by atoms with E-state index in [1.807, 2.05) is 45.0 Å². The molecule has 2 rings (SSSR count). The van der Waals surface area contributed by atoms with Crippen molar-refractivity contribution in [1.29, 1.82) is 0 Å². The van der Waals surface area contributed by atoms with E-state index >= 15 is 0 Å². The molecule has 170 valence electrons. The van der Waals surface area contributed by atoms with Crippen molar-refractivity contribution in [2.75, 3.05) is 39.3 Å². The van der Waals surface area contributed by atoms with Crippen LogP contribution < -0.4 is 15.4 Å². The standard InChI is InChI=1S/C23H40N4O3/c1-6-24-23(25-12-7-13-27-15-18(4)30-19(5)16-27)26-14-22(28)20-8-10-21(11-9-20)29-17(2)3/h8-11,17-19,22,28H,6-7,12-16H2,1-5H3,(H2,24,25,26). The Morgan fingerprint density at radius 1 is 1.20 bits per heavy atom. The number of rotatable bonds is 10. The Labute approximate surface area is 181 Å². The molecule has 1 aliphatic heterocycles. The fourth-order valence-corrected chi connectivity index (χ4v) is 3.64. The van der Waals surface area contributed by atoms with Gasteiger partial charge in [-0.05, 0) is 58.7 Å². The highest BCUT2D eigenvalue weighted by atomic mass is 16.5. The average molecular weight is 421 g/mol. The van der Waals surface area contributed by atoms with Crippen LogP contribution in [0.4, 0.5) is 0 Å². The molecule has 3 atom stereocenters. The Kier molecular flexibility index (Phi) is 10.4. The lowest BCUT2D eigenvalue weighted by Crippen LogP contribution is -2.46. The van der Waals surface area contributed by atoms with E-state index in [0.717, 1.165) is 56.4 Å². The summed E-state index contributed by atoms with van der Waals surface area (Å²) in [6.45, 7) is 15.2. The van der Waals surface area contributed by atoms with Crippen molar-refractivity contribution >= 4 is 5.96 Å². The molecule has 3 N–H and O–H groups in total. The van der Waals surface area contributed by atoms with E-state index in [1.165, 1.54) is 0 Å². The lowest BCUT2D eigenvalue weighted by molar-refractivity contribution is -0.0679. The number of morpholine rings is 1. The fourth-order valence-electron chi connectivity index (χ4n) is 3.64. The molecular weight excluding hydrogens is 380 g/mol. The third-order valence-electron chi connectivity index (χ3n) is 4.84. The highest BCUT2D eigenvalue weighted by Crippen LogP contribution is 2.19. The van der Waals surface area contributed by atoms with Gasteiger partial charge in [-0.2, -0.15) is 0 Å². The van der Waals surface area contributed by atoms with Gasteiger partial charge in [-0.3, -0.25) is 9.89 Å². The molecule has 1 fully saturated rings. The molecule has 1 aromatic carbocycles. The summed E-state index contributed by atoms with van der Waals surface area (Å²) in [5.74, 6) is 1.54. The van der Waals surface area contributed by atoms with Crippen LogP contribution in [0.2, 0.25) is 0 Å². The van der Waals surface area contributed by atoms with E-state index in [1.54, 1.807) is 0 Å². The van der Waals surface area contributed by atoms with Crippen molar-refractivity contribution in [2.24, 2.45) is 4.99 Å². The predicted molar refractivity (Wildman–Crippen MR) is 122 cm³/mol. The van der Waals surface area contributed by atoms with Crippen molar-refractivity contribution in [2.45, 2.75) is 65.5 Å². The number of hydrogen-bond donors (Lipinski definition) is 3. The van der Waals surface area contributed by atoms with Crippen LogP contribution in [-0.4, -0.2) is 73.5 Å². The molecule has 0 saturated carbocycles. The van der Waals surface area contributed by atoms with Crippen LogP contribution in [0.15, 0.2) is 29.3 Å². The second-order valence-corrected chi connectivity index (χ2v) is 8.27. The van der Waals surface area contributed by atoms with Gasteiger partial charge in [0, 0.05) is 32.7 Å². The predicted octanol–water partition coefficient (Wildman–Crippen LogP) is 2.56. The maximum atomic E-state index is 10.5. The molecular formula is C23H40N4O3. The monoisotopic (exact) mass is 420 g/mol. The molecule has 30 heavy (non-hydrogen) atoms. The summed E-state index contributed by atoms with van der Waals surface area (Å²) in [6.07, 6.45) is 1.11. The Balaban J connectivity index is 1.77.